The summed E-state index contributed by atoms with van der Waals surface area (Å²) in [4.78, 5) is 14.6. The smallest absolute Gasteiger partial charge is 0.259 e. The van der Waals surface area contributed by atoms with E-state index in [-0.39, 0.29) is 18.6 Å². The first-order valence-corrected chi connectivity index (χ1v) is 7.03. The Morgan fingerprint density at radius 2 is 2.30 bits per heavy atom. The number of carbonyl (C=O) groups excluding carboxylic acids is 1. The Balaban J connectivity index is 2.29. The second-order valence-corrected chi connectivity index (χ2v) is 5.08. The molecule has 1 atom stereocenters. The number of nitrogens with zero attached hydrogens (tertiary/aromatic N) is 1. The molecule has 1 saturated heterocycles. The molecule has 0 radical (unpaired) electrons. The van der Waals surface area contributed by atoms with E-state index in [4.69, 9.17) is 15.6 Å². The maximum Gasteiger partial charge on any atom is 0.259 e. The number of hydrogen-bond acceptors (Lipinski definition) is 4. The van der Waals surface area contributed by atoms with E-state index in [1.54, 1.807) is 18.2 Å². The molecule has 0 spiro atoms. The van der Waals surface area contributed by atoms with Gasteiger partial charge in [-0.3, -0.25) is 4.79 Å². The lowest BCUT2D eigenvalue weighted by Crippen LogP contribution is -2.44. The van der Waals surface area contributed by atoms with Gasteiger partial charge >= 0.3 is 0 Å². The van der Waals surface area contributed by atoms with Crippen molar-refractivity contribution < 1.29 is 14.6 Å². The summed E-state index contributed by atoms with van der Waals surface area (Å²) < 4.78 is 5.26. The number of aliphatic hydroxyl groups is 1. The van der Waals surface area contributed by atoms with Gasteiger partial charge in [-0.2, -0.15) is 0 Å². The Morgan fingerprint density at radius 3 is 3.00 bits per heavy atom. The molecule has 0 bridgehead atoms. The first-order valence-electron chi connectivity index (χ1n) is 7.03. The van der Waals surface area contributed by atoms with Crippen LogP contribution in [0.4, 0.5) is 5.69 Å². The maximum absolute atomic E-state index is 12.8. The lowest BCUT2D eigenvalue weighted by Gasteiger charge is -2.36. The predicted molar refractivity (Wildman–Crippen MR) is 77.8 cm³/mol. The standard InChI is InChI=1S/C15H22N2O3/c1-20-13-7-4-6-12(16)14(13)15(19)17-9-3-2-5-11(17)8-10-18/h4,6-7,11,18H,2-3,5,8-10,16H2,1H3. The van der Waals surface area contributed by atoms with Crippen molar-refractivity contribution in [3.05, 3.63) is 23.8 Å². The summed E-state index contributed by atoms with van der Waals surface area (Å²) in [5, 5.41) is 9.16. The maximum atomic E-state index is 12.8. The molecule has 1 aliphatic heterocycles. The average molecular weight is 278 g/mol. The fourth-order valence-electron chi connectivity index (χ4n) is 2.81. The van der Waals surface area contributed by atoms with Gasteiger partial charge in [0.1, 0.15) is 11.3 Å². The van der Waals surface area contributed by atoms with Gasteiger partial charge in [0.15, 0.2) is 0 Å². The first kappa shape index (κ1) is 14.7. The molecule has 2 rings (SSSR count). The van der Waals surface area contributed by atoms with Gasteiger partial charge in [0.05, 0.1) is 7.11 Å². The number of aliphatic hydroxyl groups excluding tert-OH is 1. The van der Waals surface area contributed by atoms with Gasteiger partial charge in [0.25, 0.3) is 5.91 Å². The summed E-state index contributed by atoms with van der Waals surface area (Å²) >= 11 is 0. The summed E-state index contributed by atoms with van der Waals surface area (Å²) in [7, 11) is 1.53. The first-order chi connectivity index (χ1) is 9.69. The number of nitrogen functional groups attached to an aromatic ring is 1. The molecule has 1 heterocycles. The van der Waals surface area contributed by atoms with Gasteiger partial charge in [-0.15, -0.1) is 0 Å². The van der Waals surface area contributed by atoms with Crippen LogP contribution < -0.4 is 10.5 Å². The van der Waals surface area contributed by atoms with Crippen molar-refractivity contribution in [2.45, 2.75) is 31.7 Å². The number of amides is 1. The Bertz CT molecular complexity index is 474. The van der Waals surface area contributed by atoms with E-state index >= 15 is 0 Å². The summed E-state index contributed by atoms with van der Waals surface area (Å²) in [5.74, 6) is 0.404. The van der Waals surface area contributed by atoms with E-state index in [1.807, 2.05) is 4.90 Å². The number of benzene rings is 1. The van der Waals surface area contributed by atoms with Crippen LogP contribution in [0.25, 0.3) is 0 Å². The van der Waals surface area contributed by atoms with Gasteiger partial charge in [0.2, 0.25) is 0 Å². The highest BCUT2D eigenvalue weighted by atomic mass is 16.5. The molecule has 1 fully saturated rings. The third kappa shape index (κ3) is 2.88. The highest BCUT2D eigenvalue weighted by Gasteiger charge is 2.29. The fourth-order valence-corrected chi connectivity index (χ4v) is 2.81. The lowest BCUT2D eigenvalue weighted by molar-refractivity contribution is 0.0572. The van der Waals surface area contributed by atoms with E-state index in [2.05, 4.69) is 0 Å². The Labute approximate surface area is 119 Å². The molecular formula is C15H22N2O3. The largest absolute Gasteiger partial charge is 0.496 e. The van der Waals surface area contributed by atoms with Crippen molar-refractivity contribution in [2.24, 2.45) is 0 Å². The normalized spacial score (nSPS) is 18.9. The van der Waals surface area contributed by atoms with Crippen molar-refractivity contribution in [2.75, 3.05) is 26.0 Å². The van der Waals surface area contributed by atoms with E-state index in [0.717, 1.165) is 19.3 Å². The monoisotopic (exact) mass is 278 g/mol. The van der Waals surface area contributed by atoms with E-state index < -0.39 is 0 Å². The number of anilines is 1. The van der Waals surface area contributed by atoms with E-state index in [9.17, 15) is 4.79 Å². The van der Waals surface area contributed by atoms with Crippen molar-refractivity contribution >= 4 is 11.6 Å². The highest BCUT2D eigenvalue weighted by Crippen LogP contribution is 2.29. The number of carbonyl (C=O) groups is 1. The third-order valence-corrected chi connectivity index (χ3v) is 3.84. The molecule has 1 amide bonds. The second kappa shape index (κ2) is 6.61. The van der Waals surface area contributed by atoms with Crippen LogP contribution in [0.3, 0.4) is 0 Å². The second-order valence-electron chi connectivity index (χ2n) is 5.08. The Kier molecular flexibility index (Phi) is 4.84. The zero-order chi connectivity index (χ0) is 14.5. The van der Waals surface area contributed by atoms with E-state index in [0.29, 0.717) is 30.0 Å². The highest BCUT2D eigenvalue weighted by molar-refractivity contribution is 6.02. The predicted octanol–water partition coefficient (Wildman–Crippen LogP) is 1.65. The van der Waals surface area contributed by atoms with Crippen LogP contribution in [0.1, 0.15) is 36.0 Å². The number of rotatable bonds is 4. The topological polar surface area (TPSA) is 75.8 Å². The molecule has 1 aromatic carbocycles. The average Bonchev–Trinajstić information content (AvgIpc) is 2.47. The number of likely N-dealkylation sites (tertiary alicyclic amines) is 1. The molecule has 20 heavy (non-hydrogen) atoms. The van der Waals surface area contributed by atoms with Gasteiger partial charge in [-0.25, -0.2) is 0 Å². The van der Waals surface area contributed by atoms with Crippen molar-refractivity contribution in [1.82, 2.24) is 4.90 Å². The minimum atomic E-state index is -0.0990. The van der Waals surface area contributed by atoms with Crippen molar-refractivity contribution in [3.8, 4) is 5.75 Å². The number of hydrogen-bond donors (Lipinski definition) is 2. The molecular weight excluding hydrogens is 256 g/mol. The van der Waals surface area contributed by atoms with Gasteiger partial charge in [-0.1, -0.05) is 6.07 Å². The molecule has 1 aromatic rings. The zero-order valence-electron chi connectivity index (χ0n) is 11.8. The molecule has 110 valence electrons. The van der Waals surface area contributed by atoms with Crippen LogP contribution in [-0.2, 0) is 0 Å². The summed E-state index contributed by atoms with van der Waals surface area (Å²) in [6.07, 6.45) is 3.63. The Morgan fingerprint density at radius 1 is 1.50 bits per heavy atom. The lowest BCUT2D eigenvalue weighted by atomic mass is 9.98. The summed E-state index contributed by atoms with van der Waals surface area (Å²) in [6.45, 7) is 0.802. The molecule has 5 heteroatoms. The van der Waals surface area contributed by atoms with Crippen LogP contribution in [0.2, 0.25) is 0 Å². The summed E-state index contributed by atoms with van der Waals surface area (Å²) in [6, 6.07) is 5.31. The minimum Gasteiger partial charge on any atom is -0.496 e. The van der Waals surface area contributed by atoms with Crippen LogP contribution in [0.5, 0.6) is 5.75 Å². The molecule has 0 saturated carbocycles. The van der Waals surface area contributed by atoms with Crippen LogP contribution in [-0.4, -0.2) is 42.2 Å². The van der Waals surface area contributed by atoms with Crippen LogP contribution in [0, 0.1) is 0 Å². The molecule has 0 aliphatic carbocycles. The van der Waals surface area contributed by atoms with Crippen molar-refractivity contribution in [1.29, 1.82) is 0 Å². The molecule has 1 unspecified atom stereocenters. The zero-order valence-corrected chi connectivity index (χ0v) is 11.8. The minimum absolute atomic E-state index is 0.0885. The summed E-state index contributed by atoms with van der Waals surface area (Å²) in [5.41, 5.74) is 6.81. The van der Waals surface area contributed by atoms with Gasteiger partial charge in [-0.05, 0) is 37.8 Å². The van der Waals surface area contributed by atoms with Crippen molar-refractivity contribution in [3.63, 3.8) is 0 Å². The number of ether oxygens (including phenoxy) is 1. The third-order valence-electron chi connectivity index (χ3n) is 3.84. The fraction of sp³-hybridized carbons (Fsp3) is 0.533. The number of nitrogens with two attached hydrogens (primary N) is 1. The van der Waals surface area contributed by atoms with Gasteiger partial charge < -0.3 is 20.5 Å². The molecule has 3 N–H and O–H groups in total. The quantitative estimate of drug-likeness (QED) is 0.821. The van der Waals surface area contributed by atoms with Crippen LogP contribution >= 0.6 is 0 Å². The molecule has 5 nitrogen and oxygen atoms in total. The van der Waals surface area contributed by atoms with Crippen LogP contribution in [0.15, 0.2) is 18.2 Å². The number of piperidine rings is 1. The molecule has 0 aromatic heterocycles. The van der Waals surface area contributed by atoms with Gasteiger partial charge in [0, 0.05) is 24.9 Å². The Hall–Kier alpha value is -1.75. The van der Waals surface area contributed by atoms with E-state index in [1.165, 1.54) is 7.11 Å². The molecule has 1 aliphatic rings. The SMILES string of the molecule is COc1cccc(N)c1C(=O)N1CCCCC1CCO. The number of methoxy groups -OCH3 is 1.